The molecule has 0 aliphatic heterocycles. The number of para-hydroxylation sites is 1. The minimum atomic E-state index is -4.07. The van der Waals surface area contributed by atoms with Gasteiger partial charge in [0.2, 0.25) is 5.91 Å². The van der Waals surface area contributed by atoms with Crippen molar-refractivity contribution < 1.29 is 17.6 Å². The van der Waals surface area contributed by atoms with Gasteiger partial charge in [0.25, 0.3) is 10.0 Å². The van der Waals surface area contributed by atoms with Gasteiger partial charge in [-0.15, -0.1) is 11.3 Å². The van der Waals surface area contributed by atoms with Crippen LogP contribution in [0.2, 0.25) is 0 Å². The fraction of sp³-hybridized carbons (Fsp3) is 0.150. The first kappa shape index (κ1) is 20.0. The number of hydrogen-bond acceptors (Lipinski definition) is 4. The fourth-order valence-electron chi connectivity index (χ4n) is 2.68. The van der Waals surface area contributed by atoms with E-state index in [0.29, 0.717) is 0 Å². The molecular weight excluding hydrogens is 399 g/mol. The molecule has 8 heteroatoms. The van der Waals surface area contributed by atoms with E-state index in [4.69, 9.17) is 0 Å². The smallest absolute Gasteiger partial charge is 0.274 e. The van der Waals surface area contributed by atoms with Crippen molar-refractivity contribution in [2.24, 2.45) is 0 Å². The topological polar surface area (TPSA) is 66.5 Å². The summed E-state index contributed by atoms with van der Waals surface area (Å²) >= 11 is 1.01. The van der Waals surface area contributed by atoms with Crippen LogP contribution in [0.25, 0.3) is 0 Å². The predicted molar refractivity (Wildman–Crippen MR) is 108 cm³/mol. The third-order valence-electron chi connectivity index (χ3n) is 4.02. The van der Waals surface area contributed by atoms with Gasteiger partial charge in [0.1, 0.15) is 16.6 Å². The minimum absolute atomic E-state index is 0.0437. The zero-order valence-electron chi connectivity index (χ0n) is 15.1. The van der Waals surface area contributed by atoms with E-state index in [1.165, 1.54) is 24.3 Å². The van der Waals surface area contributed by atoms with E-state index >= 15 is 0 Å². The van der Waals surface area contributed by atoms with Gasteiger partial charge in [-0.2, -0.15) is 0 Å². The second kappa shape index (κ2) is 8.53. The lowest BCUT2D eigenvalue weighted by Gasteiger charge is -2.23. The molecule has 1 amide bonds. The summed E-state index contributed by atoms with van der Waals surface area (Å²) in [5.74, 6) is -1.24. The van der Waals surface area contributed by atoms with Crippen LogP contribution in [0.3, 0.4) is 0 Å². The summed E-state index contributed by atoms with van der Waals surface area (Å²) < 4.78 is 41.2. The Kier molecular flexibility index (Phi) is 6.11. The number of carbonyl (C=O) groups excluding carboxylic acids is 1. The van der Waals surface area contributed by atoms with Crippen molar-refractivity contribution in [1.29, 1.82) is 0 Å². The maximum atomic E-state index is 14.3. The van der Waals surface area contributed by atoms with E-state index in [1.807, 2.05) is 31.2 Å². The highest BCUT2D eigenvalue weighted by Gasteiger charge is 2.29. The third kappa shape index (κ3) is 4.58. The van der Waals surface area contributed by atoms with Gasteiger partial charge in [-0.1, -0.05) is 48.0 Å². The maximum Gasteiger partial charge on any atom is 0.274 e. The van der Waals surface area contributed by atoms with Crippen LogP contribution in [-0.2, 0) is 21.4 Å². The molecule has 2 aromatic carbocycles. The fourth-order valence-corrected chi connectivity index (χ4v) is 5.21. The lowest BCUT2D eigenvalue weighted by Crippen LogP contribution is -2.40. The Hall–Kier alpha value is -2.71. The number of thiophene rings is 1. The molecule has 0 unspecified atom stereocenters. The van der Waals surface area contributed by atoms with Crippen LogP contribution < -0.4 is 9.62 Å². The van der Waals surface area contributed by atoms with Crippen molar-refractivity contribution in [3.8, 4) is 0 Å². The first-order valence-electron chi connectivity index (χ1n) is 8.51. The van der Waals surface area contributed by atoms with Crippen molar-refractivity contribution >= 4 is 33.0 Å². The number of halogens is 1. The molecule has 3 rings (SSSR count). The normalized spacial score (nSPS) is 11.2. The molecule has 3 aromatic rings. The largest absolute Gasteiger partial charge is 0.350 e. The van der Waals surface area contributed by atoms with Crippen LogP contribution in [0.15, 0.2) is 70.3 Å². The molecule has 0 bridgehead atoms. The third-order valence-corrected chi connectivity index (χ3v) is 7.15. The van der Waals surface area contributed by atoms with Crippen LogP contribution in [0.4, 0.5) is 10.1 Å². The standard InChI is InChI=1S/C20H19FN2O3S2/c1-15-6-4-7-16(12-15)13-22-19(24)14-23(18-9-3-2-8-17(18)21)28(25,26)20-10-5-11-27-20/h2-12H,13-14H2,1H3,(H,22,24). The summed E-state index contributed by atoms with van der Waals surface area (Å²) in [4.78, 5) is 12.5. The zero-order chi connectivity index (χ0) is 20.1. The molecule has 1 N–H and O–H groups in total. The van der Waals surface area contributed by atoms with Gasteiger partial charge in [-0.25, -0.2) is 12.8 Å². The first-order valence-corrected chi connectivity index (χ1v) is 10.8. The van der Waals surface area contributed by atoms with E-state index in [9.17, 15) is 17.6 Å². The molecule has 0 fully saturated rings. The Bertz CT molecular complexity index is 1070. The van der Waals surface area contributed by atoms with Gasteiger partial charge in [0.05, 0.1) is 5.69 Å². The number of sulfonamides is 1. The van der Waals surface area contributed by atoms with E-state index in [-0.39, 0.29) is 16.4 Å². The number of rotatable bonds is 7. The Morgan fingerprint density at radius 1 is 1.11 bits per heavy atom. The van der Waals surface area contributed by atoms with Gasteiger partial charge >= 0.3 is 0 Å². The first-order chi connectivity index (χ1) is 13.4. The molecule has 0 aliphatic rings. The van der Waals surface area contributed by atoms with Gasteiger partial charge in [-0.3, -0.25) is 9.10 Å². The molecule has 1 aromatic heterocycles. The number of carbonyl (C=O) groups is 1. The lowest BCUT2D eigenvalue weighted by molar-refractivity contribution is -0.119. The summed E-state index contributed by atoms with van der Waals surface area (Å²) in [6.07, 6.45) is 0. The maximum absolute atomic E-state index is 14.3. The number of hydrogen-bond donors (Lipinski definition) is 1. The van der Waals surface area contributed by atoms with E-state index in [0.717, 1.165) is 32.8 Å². The summed E-state index contributed by atoms with van der Waals surface area (Å²) in [7, 11) is -4.07. The Morgan fingerprint density at radius 2 is 1.89 bits per heavy atom. The highest BCUT2D eigenvalue weighted by Crippen LogP contribution is 2.28. The molecule has 1 heterocycles. The Labute approximate surface area is 167 Å². The lowest BCUT2D eigenvalue weighted by atomic mass is 10.1. The number of benzene rings is 2. The van der Waals surface area contributed by atoms with Crippen molar-refractivity contribution in [3.05, 3.63) is 83.0 Å². The second-order valence-electron chi connectivity index (χ2n) is 6.16. The van der Waals surface area contributed by atoms with Gasteiger partial charge in [0.15, 0.2) is 0 Å². The Morgan fingerprint density at radius 3 is 2.57 bits per heavy atom. The molecule has 146 valence electrons. The van der Waals surface area contributed by atoms with Gasteiger partial charge < -0.3 is 5.32 Å². The van der Waals surface area contributed by atoms with Crippen LogP contribution in [-0.4, -0.2) is 20.9 Å². The predicted octanol–water partition coefficient (Wildman–Crippen LogP) is 3.71. The summed E-state index contributed by atoms with van der Waals surface area (Å²) in [6.45, 7) is 1.68. The highest BCUT2D eigenvalue weighted by molar-refractivity contribution is 7.94. The molecule has 0 radical (unpaired) electrons. The van der Waals surface area contributed by atoms with Crippen LogP contribution in [0, 0.1) is 12.7 Å². The zero-order valence-corrected chi connectivity index (χ0v) is 16.8. The average Bonchev–Trinajstić information content (AvgIpc) is 3.21. The van der Waals surface area contributed by atoms with Crippen molar-refractivity contribution in [2.45, 2.75) is 17.7 Å². The number of anilines is 1. The van der Waals surface area contributed by atoms with Crippen molar-refractivity contribution in [2.75, 3.05) is 10.8 Å². The Balaban J connectivity index is 1.83. The second-order valence-corrected chi connectivity index (χ2v) is 9.20. The monoisotopic (exact) mass is 418 g/mol. The van der Waals surface area contributed by atoms with Crippen LogP contribution in [0.1, 0.15) is 11.1 Å². The number of aryl methyl sites for hydroxylation is 1. The number of amides is 1. The van der Waals surface area contributed by atoms with Crippen LogP contribution >= 0.6 is 11.3 Å². The molecule has 0 atom stereocenters. The molecule has 0 saturated heterocycles. The number of nitrogens with one attached hydrogen (secondary N) is 1. The van der Waals surface area contributed by atoms with Gasteiger partial charge in [0, 0.05) is 6.54 Å². The molecule has 0 spiro atoms. The molecule has 0 aliphatic carbocycles. The summed E-state index contributed by atoms with van der Waals surface area (Å²) in [5.41, 5.74) is 1.79. The highest BCUT2D eigenvalue weighted by atomic mass is 32.2. The van der Waals surface area contributed by atoms with E-state index in [1.54, 1.807) is 11.4 Å². The molecule has 5 nitrogen and oxygen atoms in total. The van der Waals surface area contributed by atoms with E-state index < -0.39 is 28.3 Å². The summed E-state index contributed by atoms with van der Waals surface area (Å²) in [5, 5.41) is 4.31. The minimum Gasteiger partial charge on any atom is -0.350 e. The van der Waals surface area contributed by atoms with Crippen LogP contribution in [0.5, 0.6) is 0 Å². The molecule has 0 saturated carbocycles. The van der Waals surface area contributed by atoms with Crippen molar-refractivity contribution in [1.82, 2.24) is 5.32 Å². The molecular formula is C20H19FN2O3S2. The quantitative estimate of drug-likeness (QED) is 0.636. The molecule has 28 heavy (non-hydrogen) atoms. The van der Waals surface area contributed by atoms with E-state index in [2.05, 4.69) is 5.32 Å². The average molecular weight is 419 g/mol. The number of nitrogens with zero attached hydrogens (tertiary/aromatic N) is 1. The van der Waals surface area contributed by atoms with Gasteiger partial charge in [-0.05, 0) is 36.1 Å². The van der Waals surface area contributed by atoms with Crippen molar-refractivity contribution in [3.63, 3.8) is 0 Å². The SMILES string of the molecule is Cc1cccc(CNC(=O)CN(c2ccccc2F)S(=O)(=O)c2cccs2)c1. The summed E-state index contributed by atoms with van der Waals surface area (Å²) in [6, 6.07) is 16.1.